The van der Waals surface area contributed by atoms with E-state index in [1.54, 1.807) is 0 Å². The maximum absolute atomic E-state index is 12.3. The maximum atomic E-state index is 12.3. The molecule has 1 saturated heterocycles. The van der Waals surface area contributed by atoms with Gasteiger partial charge in [0.05, 0.1) is 12.2 Å². The Labute approximate surface area is 114 Å². The van der Waals surface area contributed by atoms with Crippen LogP contribution in [0, 0.1) is 5.92 Å². The lowest BCUT2D eigenvalue weighted by molar-refractivity contribution is 0.0923. The Kier molecular flexibility index (Phi) is 4.80. The van der Waals surface area contributed by atoms with Crippen LogP contribution in [0.1, 0.15) is 30.6 Å². The first-order valence-corrected chi connectivity index (χ1v) is 6.94. The standard InChI is InChI=1S/C15H22N2O2/c1-3-16-14-7-5-4-6-13(14)15(18)17-11(2)12-8-9-19-10-12/h4-7,11-12,16H,3,8-10H2,1-2H3,(H,17,18). The molecule has 2 atom stereocenters. The van der Waals surface area contributed by atoms with Crippen LogP contribution in [0.2, 0.25) is 0 Å². The van der Waals surface area contributed by atoms with Gasteiger partial charge < -0.3 is 15.4 Å². The monoisotopic (exact) mass is 262 g/mol. The van der Waals surface area contributed by atoms with E-state index in [2.05, 4.69) is 10.6 Å². The minimum atomic E-state index is -0.0176. The van der Waals surface area contributed by atoms with Gasteiger partial charge >= 0.3 is 0 Å². The Morgan fingerprint density at radius 2 is 2.26 bits per heavy atom. The fourth-order valence-electron chi connectivity index (χ4n) is 2.38. The van der Waals surface area contributed by atoms with Crippen molar-refractivity contribution >= 4 is 11.6 Å². The van der Waals surface area contributed by atoms with Gasteiger partial charge in [-0.05, 0) is 32.4 Å². The predicted molar refractivity (Wildman–Crippen MR) is 76.5 cm³/mol. The van der Waals surface area contributed by atoms with Gasteiger partial charge in [-0.3, -0.25) is 4.79 Å². The Morgan fingerprint density at radius 1 is 1.47 bits per heavy atom. The number of hydrogen-bond acceptors (Lipinski definition) is 3. The molecule has 1 fully saturated rings. The lowest BCUT2D eigenvalue weighted by atomic mass is 10.00. The van der Waals surface area contributed by atoms with E-state index in [0.29, 0.717) is 11.5 Å². The van der Waals surface area contributed by atoms with Crippen molar-refractivity contribution in [3.63, 3.8) is 0 Å². The van der Waals surface area contributed by atoms with Gasteiger partial charge in [0, 0.05) is 30.8 Å². The molecule has 1 aromatic rings. The zero-order chi connectivity index (χ0) is 13.7. The SMILES string of the molecule is CCNc1ccccc1C(=O)NC(C)C1CCOC1. The van der Waals surface area contributed by atoms with Gasteiger partial charge in [-0.1, -0.05) is 12.1 Å². The van der Waals surface area contributed by atoms with Gasteiger partial charge in [-0.25, -0.2) is 0 Å². The zero-order valence-corrected chi connectivity index (χ0v) is 11.6. The van der Waals surface area contributed by atoms with Crippen LogP contribution in [-0.2, 0) is 4.74 Å². The van der Waals surface area contributed by atoms with E-state index in [1.807, 2.05) is 38.1 Å². The van der Waals surface area contributed by atoms with Crippen LogP contribution >= 0.6 is 0 Å². The molecular formula is C15H22N2O2. The molecule has 0 aromatic heterocycles. The maximum Gasteiger partial charge on any atom is 0.253 e. The van der Waals surface area contributed by atoms with Crippen LogP contribution in [0.5, 0.6) is 0 Å². The number of rotatable bonds is 5. The molecule has 1 aromatic carbocycles. The summed E-state index contributed by atoms with van der Waals surface area (Å²) in [5.74, 6) is 0.409. The van der Waals surface area contributed by atoms with Crippen molar-refractivity contribution in [1.29, 1.82) is 0 Å². The van der Waals surface area contributed by atoms with Gasteiger partial charge in [0.1, 0.15) is 0 Å². The second-order valence-corrected chi connectivity index (χ2v) is 4.96. The van der Waals surface area contributed by atoms with Crippen molar-refractivity contribution < 1.29 is 9.53 Å². The van der Waals surface area contributed by atoms with E-state index in [-0.39, 0.29) is 11.9 Å². The number of nitrogens with one attached hydrogen (secondary N) is 2. The number of para-hydroxylation sites is 1. The van der Waals surface area contributed by atoms with Crippen molar-refractivity contribution in [1.82, 2.24) is 5.32 Å². The minimum Gasteiger partial charge on any atom is -0.385 e. The van der Waals surface area contributed by atoms with Gasteiger partial charge in [0.25, 0.3) is 5.91 Å². The summed E-state index contributed by atoms with van der Waals surface area (Å²) in [4.78, 5) is 12.3. The summed E-state index contributed by atoms with van der Waals surface area (Å²) in [6.45, 7) is 6.42. The van der Waals surface area contributed by atoms with Crippen molar-refractivity contribution in [3.8, 4) is 0 Å². The van der Waals surface area contributed by atoms with E-state index in [1.165, 1.54) is 0 Å². The van der Waals surface area contributed by atoms with Gasteiger partial charge in [0.2, 0.25) is 0 Å². The normalized spacial score (nSPS) is 20.0. The summed E-state index contributed by atoms with van der Waals surface area (Å²) in [5, 5.41) is 6.29. The molecule has 2 rings (SSSR count). The minimum absolute atomic E-state index is 0.0176. The van der Waals surface area contributed by atoms with Gasteiger partial charge in [-0.15, -0.1) is 0 Å². The summed E-state index contributed by atoms with van der Waals surface area (Å²) in [5.41, 5.74) is 1.59. The van der Waals surface area contributed by atoms with Gasteiger partial charge in [-0.2, -0.15) is 0 Å². The Morgan fingerprint density at radius 3 is 2.95 bits per heavy atom. The number of hydrogen-bond donors (Lipinski definition) is 2. The van der Waals surface area contributed by atoms with Crippen LogP contribution in [0.15, 0.2) is 24.3 Å². The van der Waals surface area contributed by atoms with Crippen LogP contribution in [0.25, 0.3) is 0 Å². The van der Waals surface area contributed by atoms with Crippen LogP contribution < -0.4 is 10.6 Å². The first-order valence-electron chi connectivity index (χ1n) is 6.94. The van der Waals surface area contributed by atoms with E-state index < -0.39 is 0 Å². The van der Waals surface area contributed by atoms with Crippen molar-refractivity contribution in [2.45, 2.75) is 26.3 Å². The summed E-state index contributed by atoms with van der Waals surface area (Å²) < 4.78 is 5.36. The molecule has 0 aliphatic carbocycles. The molecule has 1 amide bonds. The second kappa shape index (κ2) is 6.57. The number of anilines is 1. The highest BCUT2D eigenvalue weighted by Gasteiger charge is 2.24. The number of carbonyl (C=O) groups is 1. The van der Waals surface area contributed by atoms with E-state index in [4.69, 9.17) is 4.74 Å². The lowest BCUT2D eigenvalue weighted by Gasteiger charge is -2.20. The fourth-order valence-corrected chi connectivity index (χ4v) is 2.38. The first kappa shape index (κ1) is 13.9. The van der Waals surface area contributed by atoms with Gasteiger partial charge in [0.15, 0.2) is 0 Å². The third-order valence-corrected chi connectivity index (χ3v) is 3.57. The first-order chi connectivity index (χ1) is 9.22. The van der Waals surface area contributed by atoms with E-state index in [9.17, 15) is 4.79 Å². The summed E-state index contributed by atoms with van der Waals surface area (Å²) in [6.07, 6.45) is 1.02. The number of ether oxygens (including phenoxy) is 1. The topological polar surface area (TPSA) is 50.4 Å². The van der Waals surface area contributed by atoms with E-state index >= 15 is 0 Å². The molecule has 4 nitrogen and oxygen atoms in total. The smallest absolute Gasteiger partial charge is 0.253 e. The highest BCUT2D eigenvalue weighted by atomic mass is 16.5. The quantitative estimate of drug-likeness (QED) is 0.856. The van der Waals surface area contributed by atoms with Crippen molar-refractivity contribution in [3.05, 3.63) is 29.8 Å². The lowest BCUT2D eigenvalue weighted by Crippen LogP contribution is -2.38. The summed E-state index contributed by atoms with van der Waals surface area (Å²) in [7, 11) is 0. The molecule has 4 heteroatoms. The molecule has 0 saturated carbocycles. The average Bonchev–Trinajstić information content (AvgIpc) is 2.93. The van der Waals surface area contributed by atoms with Crippen molar-refractivity contribution in [2.75, 3.05) is 25.1 Å². The third kappa shape index (κ3) is 3.47. The van der Waals surface area contributed by atoms with Crippen LogP contribution in [0.3, 0.4) is 0 Å². The Bertz CT molecular complexity index is 428. The zero-order valence-electron chi connectivity index (χ0n) is 11.6. The predicted octanol–water partition coefficient (Wildman–Crippen LogP) is 2.27. The molecule has 104 valence electrons. The second-order valence-electron chi connectivity index (χ2n) is 4.96. The molecule has 0 bridgehead atoms. The molecule has 1 heterocycles. The van der Waals surface area contributed by atoms with Crippen LogP contribution in [-0.4, -0.2) is 31.7 Å². The molecule has 19 heavy (non-hydrogen) atoms. The highest BCUT2D eigenvalue weighted by Crippen LogP contribution is 2.19. The molecule has 2 unspecified atom stereocenters. The molecule has 0 spiro atoms. The summed E-state index contributed by atoms with van der Waals surface area (Å²) in [6, 6.07) is 7.75. The number of benzene rings is 1. The van der Waals surface area contributed by atoms with E-state index in [0.717, 1.165) is 31.9 Å². The highest BCUT2D eigenvalue weighted by molar-refractivity contribution is 5.99. The third-order valence-electron chi connectivity index (χ3n) is 3.57. The Hall–Kier alpha value is -1.55. The van der Waals surface area contributed by atoms with Crippen LogP contribution in [0.4, 0.5) is 5.69 Å². The molecular weight excluding hydrogens is 240 g/mol. The number of amides is 1. The number of carbonyl (C=O) groups excluding carboxylic acids is 1. The fraction of sp³-hybridized carbons (Fsp3) is 0.533. The molecule has 1 aliphatic heterocycles. The molecule has 2 N–H and O–H groups in total. The van der Waals surface area contributed by atoms with Crippen molar-refractivity contribution in [2.24, 2.45) is 5.92 Å². The molecule has 0 radical (unpaired) electrons. The Balaban J connectivity index is 2.02. The molecule has 1 aliphatic rings. The average molecular weight is 262 g/mol. The summed E-state index contributed by atoms with van der Waals surface area (Å²) >= 11 is 0. The largest absolute Gasteiger partial charge is 0.385 e.